The Hall–Kier alpha value is -2.80. The minimum atomic E-state index is -3.54. The van der Waals surface area contributed by atoms with Crippen LogP contribution in [-0.2, 0) is 34.9 Å². The Morgan fingerprint density at radius 3 is 2.64 bits per heavy atom. The molecule has 15 heteroatoms. The van der Waals surface area contributed by atoms with Gasteiger partial charge in [-0.25, -0.2) is 10.1 Å². The number of nitrogen functional groups attached to an aromatic ring is 1. The molecule has 2 atom stereocenters. The van der Waals surface area contributed by atoms with Gasteiger partial charge in [0.1, 0.15) is 12.4 Å². The summed E-state index contributed by atoms with van der Waals surface area (Å²) >= 11 is 0. The Labute approximate surface area is 209 Å². The molecule has 0 aromatic carbocycles. The van der Waals surface area contributed by atoms with Crippen molar-refractivity contribution in [3.63, 3.8) is 0 Å². The van der Waals surface area contributed by atoms with Crippen molar-refractivity contribution in [1.29, 1.82) is 0 Å². The first-order valence-electron chi connectivity index (χ1n) is 11.6. The van der Waals surface area contributed by atoms with E-state index in [1.807, 2.05) is 0 Å². The number of fused-ring (bicyclic) bond motifs is 1. The van der Waals surface area contributed by atoms with Gasteiger partial charge in [0, 0.05) is 13.1 Å². The van der Waals surface area contributed by atoms with E-state index in [0.717, 1.165) is 0 Å². The Kier molecular flexibility index (Phi) is 10.2. The fourth-order valence-corrected chi connectivity index (χ4v) is 5.07. The average molecular weight is 530 g/mol. The lowest BCUT2D eigenvalue weighted by atomic mass is 9.94. The van der Waals surface area contributed by atoms with Crippen molar-refractivity contribution in [3.05, 3.63) is 16.7 Å². The molecule has 1 unspecified atom stereocenters. The molecule has 0 radical (unpaired) electrons. The predicted octanol–water partition coefficient (Wildman–Crippen LogP) is 0.978. The summed E-state index contributed by atoms with van der Waals surface area (Å²) in [5.41, 5.74) is 4.60. The zero-order valence-corrected chi connectivity index (χ0v) is 22.4. The summed E-state index contributed by atoms with van der Waals surface area (Å²) in [5.74, 6) is -1.07. The van der Waals surface area contributed by atoms with Crippen LogP contribution in [0.15, 0.2) is 11.1 Å². The van der Waals surface area contributed by atoms with Gasteiger partial charge in [0.2, 0.25) is 13.4 Å². The van der Waals surface area contributed by atoms with Crippen LogP contribution in [0.2, 0.25) is 0 Å². The molecule has 0 amide bonds. The van der Waals surface area contributed by atoms with Crippen LogP contribution in [0.4, 0.5) is 5.95 Å². The lowest BCUT2D eigenvalue weighted by Crippen LogP contribution is -2.42. The van der Waals surface area contributed by atoms with E-state index in [0.29, 0.717) is 5.65 Å². The van der Waals surface area contributed by atoms with E-state index < -0.39 is 36.4 Å². The van der Waals surface area contributed by atoms with Gasteiger partial charge in [0.15, 0.2) is 11.2 Å². The van der Waals surface area contributed by atoms with E-state index in [2.05, 4.69) is 25.1 Å². The standard InChI is InChI=1S/C21H36N7O7P/c1-7-34-19(31)21(5,6)10-24-36(32,27-14(4)18(30)35-13(2)3)12-33-9-8-28-11-23-15-16(28)25-20(22)26-17(15)29/h11,13-14H,7-10,12H2,1-6H3,(H2,24,27,32)(H3,22,25,26,29)/t14-,36?/m0/s1. The van der Waals surface area contributed by atoms with Crippen molar-refractivity contribution in [2.24, 2.45) is 5.41 Å². The second kappa shape index (κ2) is 12.4. The maximum Gasteiger partial charge on any atom is 0.323 e. The van der Waals surface area contributed by atoms with Crippen molar-refractivity contribution in [2.75, 3.05) is 31.8 Å². The molecule has 0 bridgehead atoms. The third-order valence-electron chi connectivity index (χ3n) is 4.95. The quantitative estimate of drug-likeness (QED) is 0.154. The molecule has 14 nitrogen and oxygen atoms in total. The number of aromatic amines is 1. The number of imidazole rings is 1. The number of nitrogens with one attached hydrogen (secondary N) is 3. The molecule has 2 aromatic heterocycles. The number of hydrogen-bond acceptors (Lipinski definition) is 10. The topological polar surface area (TPSA) is 193 Å². The molecule has 2 heterocycles. The third kappa shape index (κ3) is 8.12. The highest BCUT2D eigenvalue weighted by atomic mass is 31.2. The molecule has 0 saturated heterocycles. The molecule has 2 aromatic rings. The summed E-state index contributed by atoms with van der Waals surface area (Å²) in [6, 6.07) is -0.906. The highest BCUT2D eigenvalue weighted by molar-refractivity contribution is 7.59. The maximum atomic E-state index is 13.7. The first-order chi connectivity index (χ1) is 16.8. The van der Waals surface area contributed by atoms with Crippen LogP contribution < -0.4 is 21.5 Å². The molecule has 5 N–H and O–H groups in total. The molecule has 0 aliphatic heterocycles. The van der Waals surface area contributed by atoms with Gasteiger partial charge in [0.05, 0.1) is 31.1 Å². The number of aromatic nitrogens is 4. The summed E-state index contributed by atoms with van der Waals surface area (Å²) in [7, 11) is -3.54. The van der Waals surface area contributed by atoms with Crippen molar-refractivity contribution in [2.45, 2.75) is 60.2 Å². The van der Waals surface area contributed by atoms with Gasteiger partial charge in [-0.05, 0) is 41.5 Å². The molecule has 0 saturated carbocycles. The van der Waals surface area contributed by atoms with Gasteiger partial charge in [-0.15, -0.1) is 0 Å². The minimum absolute atomic E-state index is 0.00352. The van der Waals surface area contributed by atoms with Crippen LogP contribution >= 0.6 is 7.44 Å². The molecule has 2 rings (SSSR count). The van der Waals surface area contributed by atoms with Gasteiger partial charge in [-0.3, -0.25) is 29.0 Å². The zero-order chi connectivity index (χ0) is 27.1. The third-order valence-corrected chi connectivity index (χ3v) is 6.97. The number of nitrogens with zero attached hydrogens (tertiary/aromatic N) is 3. The van der Waals surface area contributed by atoms with Crippen LogP contribution in [0.1, 0.15) is 41.5 Å². The van der Waals surface area contributed by atoms with Crippen LogP contribution in [-0.4, -0.2) is 69.7 Å². The Morgan fingerprint density at radius 1 is 1.31 bits per heavy atom. The second-order valence-electron chi connectivity index (χ2n) is 9.11. The molecule has 36 heavy (non-hydrogen) atoms. The summed E-state index contributed by atoms with van der Waals surface area (Å²) in [6.07, 6.45) is 0.791. The summed E-state index contributed by atoms with van der Waals surface area (Å²) < 4.78 is 31.2. The number of carbonyl (C=O) groups is 2. The highest BCUT2D eigenvalue weighted by Crippen LogP contribution is 2.38. The van der Waals surface area contributed by atoms with Gasteiger partial charge in [-0.2, -0.15) is 4.98 Å². The van der Waals surface area contributed by atoms with Gasteiger partial charge >= 0.3 is 11.9 Å². The number of ether oxygens (including phenoxy) is 3. The van der Waals surface area contributed by atoms with Gasteiger partial charge in [0.25, 0.3) is 5.56 Å². The Bertz CT molecular complexity index is 1160. The number of anilines is 1. The number of H-pyrrole nitrogens is 1. The van der Waals surface area contributed by atoms with Crippen LogP contribution in [0.25, 0.3) is 11.2 Å². The molecule has 0 aliphatic rings. The lowest BCUT2D eigenvalue weighted by Gasteiger charge is -2.28. The van der Waals surface area contributed by atoms with E-state index in [4.69, 9.17) is 19.9 Å². The fraction of sp³-hybridized carbons (Fsp3) is 0.667. The number of rotatable bonds is 14. The number of hydrogen-bond donors (Lipinski definition) is 4. The van der Waals surface area contributed by atoms with E-state index >= 15 is 0 Å². The predicted molar refractivity (Wildman–Crippen MR) is 133 cm³/mol. The summed E-state index contributed by atoms with van der Waals surface area (Å²) in [6.45, 7) is 10.5. The number of esters is 2. The summed E-state index contributed by atoms with van der Waals surface area (Å²) in [4.78, 5) is 47.0. The zero-order valence-electron chi connectivity index (χ0n) is 21.5. The average Bonchev–Trinajstić information content (AvgIpc) is 3.18. The molecule has 0 aliphatic carbocycles. The monoisotopic (exact) mass is 529 g/mol. The fourth-order valence-electron chi connectivity index (χ4n) is 3.04. The van der Waals surface area contributed by atoms with E-state index in [1.165, 1.54) is 13.3 Å². The van der Waals surface area contributed by atoms with Crippen LogP contribution in [0.5, 0.6) is 0 Å². The van der Waals surface area contributed by atoms with Crippen molar-refractivity contribution in [1.82, 2.24) is 29.7 Å². The maximum absolute atomic E-state index is 13.7. The largest absolute Gasteiger partial charge is 0.466 e. The van der Waals surface area contributed by atoms with Crippen LogP contribution in [0, 0.1) is 5.41 Å². The first-order valence-corrected chi connectivity index (χ1v) is 13.4. The Balaban J connectivity index is 2.08. The lowest BCUT2D eigenvalue weighted by molar-refractivity contribution is -0.153. The smallest absolute Gasteiger partial charge is 0.323 e. The van der Waals surface area contributed by atoms with Crippen LogP contribution in [0.3, 0.4) is 0 Å². The Morgan fingerprint density at radius 2 is 2.00 bits per heavy atom. The SMILES string of the molecule is CCOC(=O)C(C)(C)CNP(=O)(COCCn1cnc2c(=O)[nH]c(N)nc21)N[C@@H](C)C(=O)OC(C)C. The highest BCUT2D eigenvalue weighted by Gasteiger charge is 2.34. The first kappa shape index (κ1) is 29.4. The van der Waals surface area contributed by atoms with Crippen molar-refractivity contribution < 1.29 is 28.4 Å². The molecule has 0 spiro atoms. The summed E-state index contributed by atoms with van der Waals surface area (Å²) in [5, 5.41) is 5.65. The molecular formula is C21H36N7O7P. The normalized spacial score (nSPS) is 14.5. The van der Waals surface area contributed by atoms with Crippen molar-refractivity contribution in [3.8, 4) is 0 Å². The second-order valence-corrected chi connectivity index (χ2v) is 11.4. The van der Waals surface area contributed by atoms with Gasteiger partial charge < -0.3 is 24.5 Å². The number of carbonyl (C=O) groups excluding carboxylic acids is 2. The number of nitrogens with two attached hydrogens (primary N) is 1. The molecule has 202 valence electrons. The molecule has 0 fully saturated rings. The van der Waals surface area contributed by atoms with Gasteiger partial charge in [-0.1, -0.05) is 0 Å². The minimum Gasteiger partial charge on any atom is -0.466 e. The van der Waals surface area contributed by atoms with E-state index in [9.17, 15) is 18.9 Å². The van der Waals surface area contributed by atoms with Crippen molar-refractivity contribution >= 4 is 36.5 Å². The molecular weight excluding hydrogens is 493 g/mol. The van der Waals surface area contributed by atoms with E-state index in [1.54, 1.807) is 39.2 Å². The van der Waals surface area contributed by atoms with E-state index in [-0.39, 0.29) is 50.2 Å².